The molecule has 3 aromatic carbocycles. The van der Waals surface area contributed by atoms with E-state index in [1.807, 2.05) is 30.3 Å². The third-order valence-electron chi connectivity index (χ3n) is 4.42. The first-order chi connectivity index (χ1) is 12.6. The molecule has 0 aliphatic heterocycles. The molecule has 0 aliphatic rings. The molecule has 0 spiro atoms. The lowest BCUT2D eigenvalue weighted by Gasteiger charge is -2.10. The highest BCUT2D eigenvalue weighted by atomic mass is 16.6. The second-order valence-electron chi connectivity index (χ2n) is 6.30. The van der Waals surface area contributed by atoms with Crippen molar-refractivity contribution in [2.24, 2.45) is 0 Å². The summed E-state index contributed by atoms with van der Waals surface area (Å²) in [6.07, 6.45) is 0. The quantitative estimate of drug-likeness (QED) is 0.388. The van der Waals surface area contributed by atoms with Crippen LogP contribution in [0.1, 0.15) is 11.1 Å². The summed E-state index contributed by atoms with van der Waals surface area (Å²) in [7, 11) is 0. The molecule has 26 heavy (non-hydrogen) atoms. The number of fused-ring (bicyclic) bond motifs is 1. The second-order valence-corrected chi connectivity index (χ2v) is 6.30. The molecule has 0 unspecified atom stereocenters. The molecule has 128 valence electrons. The zero-order valence-electron chi connectivity index (χ0n) is 14.3. The van der Waals surface area contributed by atoms with Crippen LogP contribution >= 0.6 is 0 Å². The first-order valence-electron chi connectivity index (χ1n) is 8.37. The Morgan fingerprint density at radius 3 is 2.42 bits per heavy atom. The van der Waals surface area contributed by atoms with Crippen LogP contribution in [-0.4, -0.2) is 14.5 Å². The number of benzene rings is 3. The number of aryl methyl sites for hydroxylation is 1. The molecule has 0 fully saturated rings. The Morgan fingerprint density at radius 2 is 1.73 bits per heavy atom. The Balaban J connectivity index is 1.87. The SMILES string of the molecule is Cc1ccc2nc(-c3ccc([N+](=O)[O-])cc3)n(Cc3ccccc3)c2c1. The van der Waals surface area contributed by atoms with Crippen molar-refractivity contribution in [1.29, 1.82) is 0 Å². The van der Waals surface area contributed by atoms with E-state index < -0.39 is 0 Å². The maximum Gasteiger partial charge on any atom is 0.269 e. The molecule has 0 aliphatic carbocycles. The van der Waals surface area contributed by atoms with Crippen molar-refractivity contribution in [3.63, 3.8) is 0 Å². The molecule has 0 saturated heterocycles. The van der Waals surface area contributed by atoms with E-state index >= 15 is 0 Å². The number of rotatable bonds is 4. The van der Waals surface area contributed by atoms with Gasteiger partial charge in [0.15, 0.2) is 0 Å². The molecule has 4 rings (SSSR count). The molecule has 0 bridgehead atoms. The molecule has 0 N–H and O–H groups in total. The predicted molar refractivity (Wildman–Crippen MR) is 102 cm³/mol. The monoisotopic (exact) mass is 343 g/mol. The summed E-state index contributed by atoms with van der Waals surface area (Å²) in [5, 5.41) is 10.9. The number of hydrogen-bond acceptors (Lipinski definition) is 3. The number of nitrogens with zero attached hydrogens (tertiary/aromatic N) is 3. The van der Waals surface area contributed by atoms with Gasteiger partial charge in [-0.05, 0) is 42.3 Å². The van der Waals surface area contributed by atoms with Gasteiger partial charge in [-0.25, -0.2) is 4.98 Å². The van der Waals surface area contributed by atoms with E-state index in [0.29, 0.717) is 6.54 Å². The smallest absolute Gasteiger partial charge is 0.269 e. The van der Waals surface area contributed by atoms with Crippen LogP contribution < -0.4 is 0 Å². The molecular formula is C21H17N3O2. The summed E-state index contributed by atoms with van der Waals surface area (Å²) in [6.45, 7) is 2.75. The third-order valence-corrected chi connectivity index (χ3v) is 4.42. The second kappa shape index (κ2) is 6.44. The summed E-state index contributed by atoms with van der Waals surface area (Å²) in [6, 6.07) is 22.9. The Morgan fingerprint density at radius 1 is 1.00 bits per heavy atom. The van der Waals surface area contributed by atoms with Gasteiger partial charge < -0.3 is 4.57 Å². The number of nitro benzene ring substituents is 1. The van der Waals surface area contributed by atoms with E-state index in [4.69, 9.17) is 4.98 Å². The zero-order chi connectivity index (χ0) is 18.1. The van der Waals surface area contributed by atoms with Gasteiger partial charge >= 0.3 is 0 Å². The lowest BCUT2D eigenvalue weighted by molar-refractivity contribution is -0.384. The van der Waals surface area contributed by atoms with Crippen LogP contribution in [0.5, 0.6) is 0 Å². The Kier molecular flexibility index (Phi) is 3.97. The molecule has 1 heterocycles. The number of nitro groups is 1. The standard InChI is InChI=1S/C21H17N3O2/c1-15-7-12-19-20(13-15)23(14-16-5-3-2-4-6-16)21(22-19)17-8-10-18(11-9-17)24(25)26/h2-13H,14H2,1H3. The number of non-ortho nitro benzene ring substituents is 1. The van der Waals surface area contributed by atoms with E-state index in [1.165, 1.54) is 23.3 Å². The molecular weight excluding hydrogens is 326 g/mol. The molecule has 0 amide bonds. The Hall–Kier alpha value is -3.47. The largest absolute Gasteiger partial charge is 0.319 e. The first kappa shape index (κ1) is 16.0. The van der Waals surface area contributed by atoms with Gasteiger partial charge in [-0.1, -0.05) is 36.4 Å². The maximum atomic E-state index is 10.9. The van der Waals surface area contributed by atoms with Crippen LogP contribution in [0.4, 0.5) is 5.69 Å². The van der Waals surface area contributed by atoms with Gasteiger partial charge in [0.2, 0.25) is 0 Å². The van der Waals surface area contributed by atoms with Gasteiger partial charge in [-0.2, -0.15) is 0 Å². The Bertz CT molecular complexity index is 1080. The van der Waals surface area contributed by atoms with Crippen LogP contribution in [0.15, 0.2) is 72.8 Å². The first-order valence-corrected chi connectivity index (χ1v) is 8.37. The molecule has 5 nitrogen and oxygen atoms in total. The molecule has 1 aromatic heterocycles. The van der Waals surface area contributed by atoms with E-state index in [-0.39, 0.29) is 10.6 Å². The van der Waals surface area contributed by atoms with Crippen LogP contribution in [0.2, 0.25) is 0 Å². The normalized spacial score (nSPS) is 11.0. The minimum Gasteiger partial charge on any atom is -0.319 e. The van der Waals surface area contributed by atoms with Crippen molar-refractivity contribution in [2.75, 3.05) is 0 Å². The van der Waals surface area contributed by atoms with Gasteiger partial charge in [-0.15, -0.1) is 0 Å². The summed E-state index contributed by atoms with van der Waals surface area (Å²) in [5.41, 5.74) is 5.26. The van der Waals surface area contributed by atoms with Crippen LogP contribution in [0, 0.1) is 17.0 Å². The summed E-state index contributed by atoms with van der Waals surface area (Å²) < 4.78 is 2.17. The predicted octanol–water partition coefficient (Wildman–Crippen LogP) is 4.97. The minimum absolute atomic E-state index is 0.0790. The van der Waals surface area contributed by atoms with E-state index in [0.717, 1.165) is 22.4 Å². The maximum absolute atomic E-state index is 10.9. The average molecular weight is 343 g/mol. The van der Waals surface area contributed by atoms with E-state index in [9.17, 15) is 10.1 Å². The van der Waals surface area contributed by atoms with Crippen molar-refractivity contribution in [3.8, 4) is 11.4 Å². The lowest BCUT2D eigenvalue weighted by atomic mass is 10.1. The number of imidazole rings is 1. The van der Waals surface area contributed by atoms with Crippen molar-refractivity contribution in [3.05, 3.63) is 94.0 Å². The molecule has 4 aromatic rings. The fourth-order valence-electron chi connectivity index (χ4n) is 3.11. The van der Waals surface area contributed by atoms with Gasteiger partial charge in [-0.3, -0.25) is 10.1 Å². The van der Waals surface area contributed by atoms with Gasteiger partial charge in [0.1, 0.15) is 5.82 Å². The molecule has 5 heteroatoms. The lowest BCUT2D eigenvalue weighted by Crippen LogP contribution is -2.02. The van der Waals surface area contributed by atoms with Crippen LogP contribution in [0.3, 0.4) is 0 Å². The van der Waals surface area contributed by atoms with Crippen LogP contribution in [-0.2, 0) is 6.54 Å². The van der Waals surface area contributed by atoms with Gasteiger partial charge in [0.25, 0.3) is 5.69 Å². The van der Waals surface area contributed by atoms with Gasteiger partial charge in [0.05, 0.1) is 16.0 Å². The summed E-state index contributed by atoms with van der Waals surface area (Å²) in [5.74, 6) is 0.810. The Labute approximate surface area is 150 Å². The fourth-order valence-corrected chi connectivity index (χ4v) is 3.11. The highest BCUT2D eigenvalue weighted by Crippen LogP contribution is 2.28. The molecule has 0 radical (unpaired) electrons. The molecule has 0 atom stereocenters. The summed E-state index contributed by atoms with van der Waals surface area (Å²) >= 11 is 0. The van der Waals surface area contributed by atoms with E-state index in [1.54, 1.807) is 12.1 Å². The molecule has 0 saturated carbocycles. The fraction of sp³-hybridized carbons (Fsp3) is 0.0952. The van der Waals surface area contributed by atoms with Crippen molar-refractivity contribution < 1.29 is 4.92 Å². The number of aromatic nitrogens is 2. The average Bonchev–Trinajstić information content (AvgIpc) is 3.00. The minimum atomic E-state index is -0.389. The highest BCUT2D eigenvalue weighted by molar-refractivity contribution is 5.81. The third kappa shape index (κ3) is 2.95. The van der Waals surface area contributed by atoms with Gasteiger partial charge in [0, 0.05) is 24.2 Å². The van der Waals surface area contributed by atoms with Crippen molar-refractivity contribution in [2.45, 2.75) is 13.5 Å². The topological polar surface area (TPSA) is 61.0 Å². The van der Waals surface area contributed by atoms with Crippen molar-refractivity contribution >= 4 is 16.7 Å². The highest BCUT2D eigenvalue weighted by Gasteiger charge is 2.14. The summed E-state index contributed by atoms with van der Waals surface area (Å²) in [4.78, 5) is 15.3. The number of hydrogen-bond donors (Lipinski definition) is 0. The zero-order valence-corrected chi connectivity index (χ0v) is 14.3. The van der Waals surface area contributed by atoms with E-state index in [2.05, 4.69) is 29.7 Å². The van der Waals surface area contributed by atoms with Crippen molar-refractivity contribution in [1.82, 2.24) is 9.55 Å². The van der Waals surface area contributed by atoms with Crippen LogP contribution in [0.25, 0.3) is 22.4 Å².